The third-order valence-corrected chi connectivity index (χ3v) is 5.36. The zero-order chi connectivity index (χ0) is 20.2. The van der Waals surface area contributed by atoms with Gasteiger partial charge < -0.3 is 14.3 Å². The zero-order valence-corrected chi connectivity index (χ0v) is 16.8. The predicted molar refractivity (Wildman–Crippen MR) is 114 cm³/mol. The average molecular weight is 387 g/mol. The van der Waals surface area contributed by atoms with Gasteiger partial charge in [0.25, 0.3) is 0 Å². The lowest BCUT2D eigenvalue weighted by Crippen LogP contribution is -2.27. The summed E-state index contributed by atoms with van der Waals surface area (Å²) < 4.78 is 7.83. The fraction of sp³-hybridized carbons (Fsp3) is 0.250. The van der Waals surface area contributed by atoms with Crippen molar-refractivity contribution in [1.29, 1.82) is 0 Å². The average Bonchev–Trinajstić information content (AvgIpc) is 3.33. The lowest BCUT2D eigenvalue weighted by Gasteiger charge is -2.09. The SMILES string of the molecule is Cc1ccc2c(CC(=O)NCCc3nccn3Cc3ccccc3)coc2c1C. The fourth-order valence-electron chi connectivity index (χ4n) is 3.57. The summed E-state index contributed by atoms with van der Waals surface area (Å²) in [4.78, 5) is 16.9. The molecule has 0 aliphatic rings. The molecule has 0 aliphatic heterocycles. The molecule has 1 amide bonds. The Hall–Kier alpha value is -3.34. The first-order chi connectivity index (χ1) is 14.1. The van der Waals surface area contributed by atoms with Gasteiger partial charge in [0, 0.05) is 42.9 Å². The molecule has 5 nitrogen and oxygen atoms in total. The molecular weight excluding hydrogens is 362 g/mol. The fourth-order valence-corrected chi connectivity index (χ4v) is 3.57. The number of carbonyl (C=O) groups is 1. The number of imidazole rings is 1. The van der Waals surface area contributed by atoms with E-state index < -0.39 is 0 Å². The lowest BCUT2D eigenvalue weighted by molar-refractivity contribution is -0.120. The number of rotatable bonds is 7. The molecule has 0 unspecified atom stereocenters. The third-order valence-electron chi connectivity index (χ3n) is 5.36. The number of fused-ring (bicyclic) bond motifs is 1. The summed E-state index contributed by atoms with van der Waals surface area (Å²) in [5.41, 5.74) is 5.34. The van der Waals surface area contributed by atoms with Crippen LogP contribution < -0.4 is 5.32 Å². The summed E-state index contributed by atoms with van der Waals surface area (Å²) in [5, 5.41) is 4.02. The summed E-state index contributed by atoms with van der Waals surface area (Å²) in [5.74, 6) is 0.959. The number of aromatic nitrogens is 2. The first-order valence-corrected chi connectivity index (χ1v) is 9.88. The summed E-state index contributed by atoms with van der Waals surface area (Å²) in [6, 6.07) is 14.4. The number of benzene rings is 2. The van der Waals surface area contributed by atoms with E-state index in [1.807, 2.05) is 43.6 Å². The highest BCUT2D eigenvalue weighted by Crippen LogP contribution is 2.26. The monoisotopic (exact) mass is 387 g/mol. The standard InChI is InChI=1S/C24H25N3O2/c1-17-8-9-21-20(16-29-24(21)18(17)2)14-23(28)26-11-10-22-25-12-13-27(22)15-19-6-4-3-5-7-19/h3-9,12-13,16H,10-11,14-15H2,1-2H3,(H,26,28). The van der Waals surface area contributed by atoms with Crippen molar-refractivity contribution in [3.8, 4) is 0 Å². The van der Waals surface area contributed by atoms with Crippen LogP contribution in [0.4, 0.5) is 0 Å². The Morgan fingerprint density at radius 1 is 1.14 bits per heavy atom. The second-order valence-electron chi connectivity index (χ2n) is 7.38. The van der Waals surface area contributed by atoms with E-state index >= 15 is 0 Å². The number of hydrogen-bond acceptors (Lipinski definition) is 3. The molecule has 0 radical (unpaired) electrons. The van der Waals surface area contributed by atoms with Crippen LogP contribution in [0.2, 0.25) is 0 Å². The highest BCUT2D eigenvalue weighted by atomic mass is 16.3. The first kappa shape index (κ1) is 19.0. The van der Waals surface area contributed by atoms with Gasteiger partial charge in [-0.25, -0.2) is 4.98 Å². The van der Waals surface area contributed by atoms with Gasteiger partial charge in [-0.05, 0) is 30.5 Å². The molecular formula is C24H25N3O2. The first-order valence-electron chi connectivity index (χ1n) is 9.88. The second-order valence-corrected chi connectivity index (χ2v) is 7.38. The summed E-state index contributed by atoms with van der Waals surface area (Å²) >= 11 is 0. The van der Waals surface area contributed by atoms with Crippen LogP contribution in [0.1, 0.15) is 28.1 Å². The van der Waals surface area contributed by atoms with Gasteiger partial charge in [-0.3, -0.25) is 4.79 Å². The molecule has 0 aliphatic carbocycles. The van der Waals surface area contributed by atoms with Crippen LogP contribution in [0.15, 0.2) is 65.5 Å². The van der Waals surface area contributed by atoms with Gasteiger partial charge in [-0.2, -0.15) is 0 Å². The van der Waals surface area contributed by atoms with Crippen LogP contribution in [0.5, 0.6) is 0 Å². The summed E-state index contributed by atoms with van der Waals surface area (Å²) in [7, 11) is 0. The van der Waals surface area contributed by atoms with Gasteiger partial charge in [0.15, 0.2) is 0 Å². The molecule has 0 saturated carbocycles. The molecule has 2 heterocycles. The van der Waals surface area contributed by atoms with Crippen LogP contribution in [-0.4, -0.2) is 22.0 Å². The van der Waals surface area contributed by atoms with Crippen molar-refractivity contribution in [3.05, 3.63) is 89.2 Å². The number of carbonyl (C=O) groups excluding carboxylic acids is 1. The van der Waals surface area contributed by atoms with Crippen LogP contribution in [0.3, 0.4) is 0 Å². The molecule has 0 saturated heterocycles. The van der Waals surface area contributed by atoms with Gasteiger partial charge in [0.05, 0.1) is 12.7 Å². The molecule has 2 aromatic carbocycles. The van der Waals surface area contributed by atoms with Crippen molar-refractivity contribution >= 4 is 16.9 Å². The van der Waals surface area contributed by atoms with Crippen molar-refractivity contribution in [1.82, 2.24) is 14.9 Å². The van der Waals surface area contributed by atoms with E-state index in [1.54, 1.807) is 6.26 Å². The van der Waals surface area contributed by atoms with Crippen molar-refractivity contribution in [2.45, 2.75) is 33.2 Å². The van der Waals surface area contributed by atoms with Crippen molar-refractivity contribution in [2.75, 3.05) is 6.54 Å². The van der Waals surface area contributed by atoms with Crippen molar-refractivity contribution in [2.24, 2.45) is 0 Å². The molecule has 2 aromatic heterocycles. The van der Waals surface area contributed by atoms with Crippen LogP contribution >= 0.6 is 0 Å². The van der Waals surface area contributed by atoms with Gasteiger partial charge in [0.2, 0.25) is 5.91 Å². The molecule has 0 bridgehead atoms. The van der Waals surface area contributed by atoms with E-state index in [4.69, 9.17) is 4.42 Å². The molecule has 1 N–H and O–H groups in total. The summed E-state index contributed by atoms with van der Waals surface area (Å²) in [6.07, 6.45) is 6.49. The maximum absolute atomic E-state index is 12.4. The molecule has 29 heavy (non-hydrogen) atoms. The summed E-state index contributed by atoms with van der Waals surface area (Å²) in [6.45, 7) is 5.44. The van der Waals surface area contributed by atoms with Crippen LogP contribution in [0.25, 0.3) is 11.0 Å². The maximum atomic E-state index is 12.4. The predicted octanol–water partition coefficient (Wildman–Crippen LogP) is 4.20. The Labute approximate surface area is 170 Å². The van der Waals surface area contributed by atoms with Crippen molar-refractivity contribution < 1.29 is 9.21 Å². The van der Waals surface area contributed by atoms with E-state index in [2.05, 4.69) is 40.0 Å². The molecule has 0 atom stereocenters. The minimum atomic E-state index is -0.00732. The minimum Gasteiger partial charge on any atom is -0.464 e. The smallest absolute Gasteiger partial charge is 0.224 e. The van der Waals surface area contributed by atoms with E-state index in [-0.39, 0.29) is 5.91 Å². The molecule has 4 aromatic rings. The van der Waals surface area contributed by atoms with Crippen LogP contribution in [-0.2, 0) is 24.2 Å². The lowest BCUT2D eigenvalue weighted by atomic mass is 10.0. The molecule has 148 valence electrons. The Kier molecular flexibility index (Phi) is 5.47. The third kappa shape index (κ3) is 4.24. The largest absolute Gasteiger partial charge is 0.464 e. The Morgan fingerprint density at radius 2 is 1.97 bits per heavy atom. The molecule has 5 heteroatoms. The highest BCUT2D eigenvalue weighted by Gasteiger charge is 2.13. The Bertz CT molecular complexity index is 1130. The maximum Gasteiger partial charge on any atom is 0.224 e. The Balaban J connectivity index is 1.33. The zero-order valence-electron chi connectivity index (χ0n) is 16.8. The quantitative estimate of drug-likeness (QED) is 0.517. The molecule has 0 spiro atoms. The van der Waals surface area contributed by atoms with E-state index in [1.165, 1.54) is 11.1 Å². The molecule has 4 rings (SSSR count). The van der Waals surface area contributed by atoms with Gasteiger partial charge in [0.1, 0.15) is 11.4 Å². The molecule has 0 fully saturated rings. The van der Waals surface area contributed by atoms with Gasteiger partial charge >= 0.3 is 0 Å². The topological polar surface area (TPSA) is 60.1 Å². The van der Waals surface area contributed by atoms with Crippen molar-refractivity contribution in [3.63, 3.8) is 0 Å². The number of nitrogens with one attached hydrogen (secondary N) is 1. The van der Waals surface area contributed by atoms with E-state index in [0.29, 0.717) is 19.4 Å². The van der Waals surface area contributed by atoms with E-state index in [0.717, 1.165) is 34.5 Å². The number of hydrogen-bond donors (Lipinski definition) is 1. The number of amides is 1. The number of furan rings is 1. The number of nitrogens with zero attached hydrogens (tertiary/aromatic N) is 2. The highest BCUT2D eigenvalue weighted by molar-refractivity contribution is 5.89. The van der Waals surface area contributed by atoms with E-state index in [9.17, 15) is 4.79 Å². The normalized spacial score (nSPS) is 11.1. The second kappa shape index (κ2) is 8.35. The number of aryl methyl sites for hydroxylation is 2. The van der Waals surface area contributed by atoms with Gasteiger partial charge in [-0.15, -0.1) is 0 Å². The van der Waals surface area contributed by atoms with Crippen LogP contribution in [0, 0.1) is 13.8 Å². The van der Waals surface area contributed by atoms with Gasteiger partial charge in [-0.1, -0.05) is 42.5 Å². The minimum absolute atomic E-state index is 0.00732. The Morgan fingerprint density at radius 3 is 2.79 bits per heavy atom.